The van der Waals surface area contributed by atoms with Gasteiger partial charge in [-0.05, 0) is 41.8 Å². The fourth-order valence-electron chi connectivity index (χ4n) is 4.40. The predicted octanol–water partition coefficient (Wildman–Crippen LogP) is 4.85. The van der Waals surface area contributed by atoms with E-state index in [-0.39, 0.29) is 12.6 Å². The third-order valence-electron chi connectivity index (χ3n) is 6.33. The first-order valence-electron chi connectivity index (χ1n) is 12.0. The van der Waals surface area contributed by atoms with Crippen LogP contribution in [-0.4, -0.2) is 51.7 Å². The molecule has 1 aliphatic heterocycles. The normalized spacial score (nSPS) is 14.1. The van der Waals surface area contributed by atoms with Crippen LogP contribution in [0, 0.1) is 6.92 Å². The maximum Gasteiger partial charge on any atom is 0.274 e. The van der Waals surface area contributed by atoms with Gasteiger partial charge in [-0.15, -0.1) is 0 Å². The summed E-state index contributed by atoms with van der Waals surface area (Å²) in [5, 5.41) is 4.45. The summed E-state index contributed by atoms with van der Waals surface area (Å²) >= 11 is 0. The molecule has 0 unspecified atom stereocenters. The Balaban J connectivity index is 1.11. The number of carbonyl (C=O) groups excluding carboxylic acids is 1. The molecule has 0 spiro atoms. The number of aromatic nitrogens is 2. The van der Waals surface area contributed by atoms with Gasteiger partial charge < -0.3 is 9.64 Å². The molecule has 0 N–H and O–H groups in total. The van der Waals surface area contributed by atoms with Gasteiger partial charge in [0.2, 0.25) is 0 Å². The molecule has 0 bridgehead atoms. The summed E-state index contributed by atoms with van der Waals surface area (Å²) in [4.78, 5) is 17.2. The van der Waals surface area contributed by atoms with Crippen LogP contribution < -0.4 is 4.74 Å². The van der Waals surface area contributed by atoms with Gasteiger partial charge in [-0.25, -0.2) is 4.68 Å². The maximum atomic E-state index is 13.0. The van der Waals surface area contributed by atoms with Gasteiger partial charge in [0, 0.05) is 38.9 Å². The Labute approximate surface area is 206 Å². The first-order chi connectivity index (χ1) is 17.1. The van der Waals surface area contributed by atoms with Gasteiger partial charge >= 0.3 is 0 Å². The molecule has 35 heavy (non-hydrogen) atoms. The van der Waals surface area contributed by atoms with E-state index < -0.39 is 0 Å². The Hall–Kier alpha value is -3.90. The number of carbonyl (C=O) groups is 1. The van der Waals surface area contributed by atoms with Crippen LogP contribution in [0.1, 0.15) is 21.6 Å². The van der Waals surface area contributed by atoms with Crippen LogP contribution in [0.5, 0.6) is 5.75 Å². The first-order valence-corrected chi connectivity index (χ1v) is 12.0. The highest BCUT2D eigenvalue weighted by atomic mass is 16.5. The number of aryl methyl sites for hydroxylation is 1. The summed E-state index contributed by atoms with van der Waals surface area (Å²) in [5.41, 5.74) is 5.37. The number of rotatable bonds is 7. The van der Waals surface area contributed by atoms with E-state index in [2.05, 4.69) is 53.3 Å². The topological polar surface area (TPSA) is 50.6 Å². The molecule has 4 aromatic rings. The highest BCUT2D eigenvalue weighted by molar-refractivity contribution is 5.92. The number of ether oxygens (including phenoxy) is 1. The van der Waals surface area contributed by atoms with Crippen LogP contribution in [0.25, 0.3) is 11.1 Å². The minimum absolute atomic E-state index is 0.0221. The number of nitrogens with zero attached hydrogens (tertiary/aromatic N) is 4. The minimum Gasteiger partial charge on any atom is -0.471 e. The fourth-order valence-corrected chi connectivity index (χ4v) is 4.40. The van der Waals surface area contributed by atoms with E-state index in [1.807, 2.05) is 47.4 Å². The molecule has 178 valence electrons. The van der Waals surface area contributed by atoms with Gasteiger partial charge in [0.25, 0.3) is 5.91 Å². The zero-order valence-corrected chi connectivity index (χ0v) is 20.0. The van der Waals surface area contributed by atoms with Gasteiger partial charge in [-0.3, -0.25) is 9.69 Å². The summed E-state index contributed by atoms with van der Waals surface area (Å²) < 4.78 is 7.53. The lowest BCUT2D eigenvalue weighted by molar-refractivity contribution is 0.0621. The highest BCUT2D eigenvalue weighted by Gasteiger charge is 2.23. The second kappa shape index (κ2) is 10.6. The van der Waals surface area contributed by atoms with Crippen molar-refractivity contribution >= 4 is 5.91 Å². The summed E-state index contributed by atoms with van der Waals surface area (Å²) in [6.07, 6.45) is 1.79. The Morgan fingerprint density at radius 3 is 2.34 bits per heavy atom. The predicted molar refractivity (Wildman–Crippen MR) is 137 cm³/mol. The molecule has 1 saturated heterocycles. The lowest BCUT2D eigenvalue weighted by Crippen LogP contribution is -2.48. The number of hydrogen-bond donors (Lipinski definition) is 0. The van der Waals surface area contributed by atoms with Gasteiger partial charge in [-0.2, -0.15) is 5.10 Å². The van der Waals surface area contributed by atoms with E-state index in [0.29, 0.717) is 18.8 Å². The molecule has 5 rings (SSSR count). The Morgan fingerprint density at radius 2 is 1.60 bits per heavy atom. The first kappa shape index (κ1) is 22.9. The van der Waals surface area contributed by atoms with Crippen LogP contribution in [0.2, 0.25) is 0 Å². The van der Waals surface area contributed by atoms with Crippen molar-refractivity contribution in [2.45, 2.75) is 20.2 Å². The van der Waals surface area contributed by atoms with Crippen LogP contribution in [0.3, 0.4) is 0 Å². The SMILES string of the molecule is Cc1cccc(CN2CCN(C(=O)c3ccn(COc4ccc(-c5ccccc5)cc4)n3)CC2)c1. The molecular formula is C29H30N4O2. The van der Waals surface area contributed by atoms with Crippen molar-refractivity contribution in [3.8, 4) is 16.9 Å². The monoisotopic (exact) mass is 466 g/mol. The molecule has 0 radical (unpaired) electrons. The molecule has 1 fully saturated rings. The molecule has 6 heteroatoms. The van der Waals surface area contributed by atoms with Crippen molar-refractivity contribution in [1.29, 1.82) is 0 Å². The molecule has 2 heterocycles. The van der Waals surface area contributed by atoms with Crippen LogP contribution in [0.15, 0.2) is 91.1 Å². The smallest absolute Gasteiger partial charge is 0.274 e. The largest absolute Gasteiger partial charge is 0.471 e. The van der Waals surface area contributed by atoms with Crippen molar-refractivity contribution in [3.63, 3.8) is 0 Å². The standard InChI is InChI=1S/C29H30N4O2/c1-23-6-5-7-24(20-23)21-31-16-18-32(19-17-31)29(34)28-14-15-33(30-28)22-35-27-12-10-26(11-13-27)25-8-3-2-4-9-25/h2-15,20H,16-19,21-22H2,1H3. The van der Waals surface area contributed by atoms with Crippen molar-refractivity contribution in [1.82, 2.24) is 19.6 Å². The van der Waals surface area contributed by atoms with E-state index in [4.69, 9.17) is 4.74 Å². The van der Waals surface area contributed by atoms with E-state index in [9.17, 15) is 4.79 Å². The molecule has 0 atom stereocenters. The summed E-state index contributed by atoms with van der Waals surface area (Å²) in [6, 6.07) is 28.6. The number of piperazine rings is 1. The molecule has 1 aliphatic rings. The number of amides is 1. The molecule has 6 nitrogen and oxygen atoms in total. The van der Waals surface area contributed by atoms with Crippen molar-refractivity contribution in [2.24, 2.45) is 0 Å². The van der Waals surface area contributed by atoms with Gasteiger partial charge in [0.1, 0.15) is 5.75 Å². The van der Waals surface area contributed by atoms with E-state index in [1.165, 1.54) is 16.7 Å². The minimum atomic E-state index is -0.0221. The van der Waals surface area contributed by atoms with Crippen LogP contribution in [0.4, 0.5) is 0 Å². The molecular weight excluding hydrogens is 436 g/mol. The van der Waals surface area contributed by atoms with E-state index >= 15 is 0 Å². The van der Waals surface area contributed by atoms with Crippen molar-refractivity contribution < 1.29 is 9.53 Å². The van der Waals surface area contributed by atoms with Crippen molar-refractivity contribution in [2.75, 3.05) is 26.2 Å². The quantitative estimate of drug-likeness (QED) is 0.391. The fraction of sp³-hybridized carbons (Fsp3) is 0.241. The Kier molecular flexibility index (Phi) is 6.91. The van der Waals surface area contributed by atoms with E-state index in [1.54, 1.807) is 16.9 Å². The average molecular weight is 467 g/mol. The molecule has 3 aromatic carbocycles. The van der Waals surface area contributed by atoms with Crippen molar-refractivity contribution in [3.05, 3.63) is 108 Å². The van der Waals surface area contributed by atoms with Gasteiger partial charge in [0.15, 0.2) is 12.4 Å². The average Bonchev–Trinajstić information content (AvgIpc) is 3.38. The Morgan fingerprint density at radius 1 is 0.857 bits per heavy atom. The summed E-state index contributed by atoms with van der Waals surface area (Å²) in [6.45, 7) is 6.44. The van der Waals surface area contributed by atoms with Gasteiger partial charge in [0.05, 0.1) is 0 Å². The molecule has 0 saturated carbocycles. The lowest BCUT2D eigenvalue weighted by atomic mass is 10.1. The maximum absolute atomic E-state index is 13.0. The van der Waals surface area contributed by atoms with E-state index in [0.717, 1.165) is 30.9 Å². The summed E-state index contributed by atoms with van der Waals surface area (Å²) in [7, 11) is 0. The van der Waals surface area contributed by atoms with Crippen LogP contribution >= 0.6 is 0 Å². The summed E-state index contributed by atoms with van der Waals surface area (Å²) in [5.74, 6) is 0.740. The third kappa shape index (κ3) is 5.78. The number of hydrogen-bond acceptors (Lipinski definition) is 4. The van der Waals surface area contributed by atoms with Gasteiger partial charge in [-0.1, -0.05) is 72.3 Å². The molecule has 0 aliphatic carbocycles. The zero-order valence-electron chi connectivity index (χ0n) is 20.0. The zero-order chi connectivity index (χ0) is 24.0. The Bertz CT molecular complexity index is 1260. The molecule has 1 amide bonds. The second-order valence-electron chi connectivity index (χ2n) is 8.96. The highest BCUT2D eigenvalue weighted by Crippen LogP contribution is 2.22. The second-order valence-corrected chi connectivity index (χ2v) is 8.96. The van der Waals surface area contributed by atoms with Crippen LogP contribution in [-0.2, 0) is 13.3 Å². The molecule has 1 aromatic heterocycles. The third-order valence-corrected chi connectivity index (χ3v) is 6.33. The number of benzene rings is 3. The lowest BCUT2D eigenvalue weighted by Gasteiger charge is -2.34.